The molecule has 0 atom stereocenters. The molecule has 190 valence electrons. The molecule has 1 heterocycles. The molecule has 0 radical (unpaired) electrons. The number of phenols is 2. The van der Waals surface area contributed by atoms with Crippen LogP contribution in [0.4, 0.5) is 5.69 Å². The van der Waals surface area contributed by atoms with Crippen LogP contribution >= 0.6 is 0 Å². The zero-order chi connectivity index (χ0) is 25.7. The minimum absolute atomic E-state index is 0.0514. The number of hydrazone groups is 1. The SMILES string of the molecule is CC(C)Oc1cc(N2CCCCC2)cc(O)c1C=NNC(=O)c1cc(C(C)C)c(O)c(C(C)C)c1. The van der Waals surface area contributed by atoms with Gasteiger partial charge in [0.2, 0.25) is 0 Å². The second-order valence-electron chi connectivity index (χ2n) is 10.1. The van der Waals surface area contributed by atoms with Crippen molar-refractivity contribution in [3.8, 4) is 17.2 Å². The number of anilines is 1. The van der Waals surface area contributed by atoms with Crippen molar-refractivity contribution < 1.29 is 19.7 Å². The summed E-state index contributed by atoms with van der Waals surface area (Å²) in [4.78, 5) is 15.1. The topological polar surface area (TPSA) is 94.4 Å². The van der Waals surface area contributed by atoms with Gasteiger partial charge in [-0.1, -0.05) is 27.7 Å². The normalized spacial score (nSPS) is 14.4. The summed E-state index contributed by atoms with van der Waals surface area (Å²) in [6.45, 7) is 13.7. The van der Waals surface area contributed by atoms with Gasteiger partial charge in [-0.3, -0.25) is 4.79 Å². The van der Waals surface area contributed by atoms with Crippen molar-refractivity contribution in [3.63, 3.8) is 0 Å². The second kappa shape index (κ2) is 11.5. The van der Waals surface area contributed by atoms with Gasteiger partial charge >= 0.3 is 0 Å². The first kappa shape index (κ1) is 26.4. The summed E-state index contributed by atoms with van der Waals surface area (Å²) in [5.41, 5.74) is 5.77. The Morgan fingerprint density at radius 1 is 0.971 bits per heavy atom. The van der Waals surface area contributed by atoms with Crippen LogP contribution in [0.15, 0.2) is 29.4 Å². The number of piperidine rings is 1. The van der Waals surface area contributed by atoms with E-state index in [2.05, 4.69) is 15.4 Å². The minimum Gasteiger partial charge on any atom is -0.507 e. The van der Waals surface area contributed by atoms with Gasteiger partial charge in [0.1, 0.15) is 17.2 Å². The highest BCUT2D eigenvalue weighted by atomic mass is 16.5. The number of nitrogens with zero attached hydrogens (tertiary/aromatic N) is 2. The highest BCUT2D eigenvalue weighted by molar-refractivity contribution is 5.96. The first-order valence-corrected chi connectivity index (χ1v) is 12.6. The molecule has 0 bridgehead atoms. The maximum atomic E-state index is 12.9. The molecule has 0 saturated carbocycles. The van der Waals surface area contributed by atoms with E-state index >= 15 is 0 Å². The maximum Gasteiger partial charge on any atom is 0.271 e. The molecule has 1 aliphatic rings. The molecule has 2 aromatic rings. The van der Waals surface area contributed by atoms with Crippen LogP contribution in [0, 0.1) is 0 Å². The van der Waals surface area contributed by atoms with Crippen molar-refractivity contribution in [3.05, 3.63) is 46.5 Å². The third kappa shape index (κ3) is 6.47. The molecule has 1 amide bonds. The number of ether oxygens (including phenoxy) is 1. The Kier molecular flexibility index (Phi) is 8.65. The fraction of sp³-hybridized carbons (Fsp3) is 0.500. The molecule has 7 heteroatoms. The first-order chi connectivity index (χ1) is 16.6. The molecule has 3 rings (SSSR count). The molecule has 0 unspecified atom stereocenters. The number of carbonyl (C=O) groups is 1. The van der Waals surface area contributed by atoms with Gasteiger partial charge in [0.15, 0.2) is 0 Å². The maximum absolute atomic E-state index is 12.9. The molecular weight excluding hydrogens is 442 g/mol. The zero-order valence-corrected chi connectivity index (χ0v) is 21.8. The van der Waals surface area contributed by atoms with E-state index in [-0.39, 0.29) is 35.3 Å². The lowest BCUT2D eigenvalue weighted by molar-refractivity contribution is 0.0955. The van der Waals surface area contributed by atoms with Crippen molar-refractivity contribution in [2.24, 2.45) is 5.10 Å². The van der Waals surface area contributed by atoms with Crippen LogP contribution < -0.4 is 15.1 Å². The number of rotatable bonds is 8. The van der Waals surface area contributed by atoms with Crippen LogP contribution in [0.3, 0.4) is 0 Å². The molecule has 3 N–H and O–H groups in total. The molecule has 1 saturated heterocycles. The largest absolute Gasteiger partial charge is 0.507 e. The van der Waals surface area contributed by atoms with E-state index < -0.39 is 0 Å². The quantitative estimate of drug-likeness (QED) is 0.323. The number of nitrogens with one attached hydrogen (secondary N) is 1. The first-order valence-electron chi connectivity index (χ1n) is 12.6. The molecule has 1 fully saturated rings. The number of aromatic hydroxyl groups is 2. The Morgan fingerprint density at radius 2 is 1.57 bits per heavy atom. The van der Waals surface area contributed by atoms with Gasteiger partial charge in [0, 0.05) is 36.5 Å². The monoisotopic (exact) mass is 481 g/mol. The van der Waals surface area contributed by atoms with Gasteiger partial charge in [0.25, 0.3) is 5.91 Å². The number of benzene rings is 2. The van der Waals surface area contributed by atoms with E-state index in [4.69, 9.17) is 4.74 Å². The Labute approximate surface area is 208 Å². The van der Waals surface area contributed by atoms with Gasteiger partial charge in [-0.05, 0) is 68.2 Å². The van der Waals surface area contributed by atoms with Crippen LogP contribution in [0.5, 0.6) is 17.2 Å². The van der Waals surface area contributed by atoms with E-state index in [1.54, 1.807) is 18.2 Å². The third-order valence-corrected chi connectivity index (χ3v) is 6.22. The van der Waals surface area contributed by atoms with Crippen LogP contribution in [0.25, 0.3) is 0 Å². The van der Waals surface area contributed by atoms with E-state index in [0.717, 1.165) is 42.7 Å². The molecule has 35 heavy (non-hydrogen) atoms. The lowest BCUT2D eigenvalue weighted by Gasteiger charge is -2.29. The molecule has 2 aromatic carbocycles. The Bertz CT molecular complexity index is 1040. The molecule has 1 aliphatic heterocycles. The average Bonchev–Trinajstić information content (AvgIpc) is 2.80. The summed E-state index contributed by atoms with van der Waals surface area (Å²) in [6.07, 6.45) is 4.81. The Balaban J connectivity index is 1.86. The molecule has 0 aromatic heterocycles. The van der Waals surface area contributed by atoms with E-state index in [1.807, 2.05) is 47.6 Å². The third-order valence-electron chi connectivity index (χ3n) is 6.22. The summed E-state index contributed by atoms with van der Waals surface area (Å²) in [6, 6.07) is 7.06. The van der Waals surface area contributed by atoms with Gasteiger partial charge in [-0.15, -0.1) is 0 Å². The molecular formula is C28H39N3O4. The van der Waals surface area contributed by atoms with Gasteiger partial charge in [0.05, 0.1) is 17.9 Å². The van der Waals surface area contributed by atoms with Crippen LogP contribution in [0.2, 0.25) is 0 Å². The van der Waals surface area contributed by atoms with Crippen molar-refractivity contribution in [1.29, 1.82) is 0 Å². The number of carbonyl (C=O) groups excluding carboxylic acids is 1. The fourth-order valence-corrected chi connectivity index (χ4v) is 4.33. The highest BCUT2D eigenvalue weighted by Crippen LogP contribution is 2.36. The lowest BCUT2D eigenvalue weighted by atomic mass is 9.91. The summed E-state index contributed by atoms with van der Waals surface area (Å²) in [5, 5.41) is 25.5. The predicted octanol–water partition coefficient (Wildman–Crippen LogP) is 5.89. The minimum atomic E-state index is -0.388. The van der Waals surface area contributed by atoms with E-state index in [0.29, 0.717) is 16.9 Å². The van der Waals surface area contributed by atoms with Gasteiger partial charge < -0.3 is 19.8 Å². The van der Waals surface area contributed by atoms with Crippen molar-refractivity contribution >= 4 is 17.8 Å². The summed E-state index contributed by atoms with van der Waals surface area (Å²) < 4.78 is 5.98. The predicted molar refractivity (Wildman–Crippen MR) is 141 cm³/mol. The lowest BCUT2D eigenvalue weighted by Crippen LogP contribution is -2.29. The smallest absolute Gasteiger partial charge is 0.271 e. The van der Waals surface area contributed by atoms with Crippen molar-refractivity contribution in [2.75, 3.05) is 18.0 Å². The summed E-state index contributed by atoms with van der Waals surface area (Å²) in [7, 11) is 0. The summed E-state index contributed by atoms with van der Waals surface area (Å²) in [5.74, 6) is 0.553. The van der Waals surface area contributed by atoms with Gasteiger partial charge in [-0.2, -0.15) is 5.10 Å². The van der Waals surface area contributed by atoms with Gasteiger partial charge in [-0.25, -0.2) is 5.43 Å². The second-order valence-corrected chi connectivity index (χ2v) is 10.1. The molecule has 7 nitrogen and oxygen atoms in total. The standard InChI is InChI=1S/C28H39N3O4/c1-17(2)22-12-20(13-23(18(3)4)27(22)33)28(34)30-29-16-24-25(32)14-21(15-26(24)35-19(5)6)31-10-8-7-9-11-31/h12-19,32-33H,7-11H2,1-6H3,(H,30,34). The Hall–Kier alpha value is -3.22. The highest BCUT2D eigenvalue weighted by Gasteiger charge is 2.19. The van der Waals surface area contributed by atoms with Crippen LogP contribution in [-0.2, 0) is 0 Å². The zero-order valence-electron chi connectivity index (χ0n) is 21.8. The van der Waals surface area contributed by atoms with Crippen molar-refractivity contribution in [2.45, 2.75) is 78.7 Å². The molecule has 0 aliphatic carbocycles. The number of hydrogen-bond donors (Lipinski definition) is 3. The average molecular weight is 482 g/mol. The van der Waals surface area contributed by atoms with Crippen LogP contribution in [0.1, 0.15) is 99.7 Å². The van der Waals surface area contributed by atoms with E-state index in [1.165, 1.54) is 12.6 Å². The summed E-state index contributed by atoms with van der Waals surface area (Å²) >= 11 is 0. The molecule has 0 spiro atoms. The van der Waals surface area contributed by atoms with E-state index in [9.17, 15) is 15.0 Å². The van der Waals surface area contributed by atoms with Crippen molar-refractivity contribution in [1.82, 2.24) is 5.43 Å². The van der Waals surface area contributed by atoms with Crippen LogP contribution in [-0.4, -0.2) is 41.5 Å². The number of amides is 1. The number of hydrogen-bond acceptors (Lipinski definition) is 6. The Morgan fingerprint density at radius 3 is 2.11 bits per heavy atom. The number of phenolic OH excluding ortho intramolecular Hbond substituents is 2. The fourth-order valence-electron chi connectivity index (χ4n) is 4.33.